The molecule has 0 atom stereocenters. The maximum Gasteiger partial charge on any atom is 0.151 e. The summed E-state index contributed by atoms with van der Waals surface area (Å²) in [6.07, 6.45) is 2.59. The molecule has 1 fully saturated rings. The molecule has 2 aromatic rings. The summed E-state index contributed by atoms with van der Waals surface area (Å²) in [5, 5.41) is 12.0. The Morgan fingerprint density at radius 3 is 2.80 bits per heavy atom. The van der Waals surface area contributed by atoms with E-state index in [9.17, 15) is 0 Å². The monoisotopic (exact) mass is 289 g/mol. The van der Waals surface area contributed by atoms with Crippen molar-refractivity contribution >= 4 is 17.2 Å². The normalized spacial score (nSPS) is 14.5. The minimum atomic E-state index is 0.702. The van der Waals surface area contributed by atoms with Crippen LogP contribution >= 0.6 is 11.3 Å². The second-order valence-electron chi connectivity index (χ2n) is 5.26. The van der Waals surface area contributed by atoms with Crippen LogP contribution in [0.1, 0.15) is 29.1 Å². The van der Waals surface area contributed by atoms with Gasteiger partial charge in [0.25, 0.3) is 0 Å². The number of aryl methyl sites for hydroxylation is 1. The van der Waals surface area contributed by atoms with Gasteiger partial charge in [-0.2, -0.15) is 5.10 Å². The first-order chi connectivity index (χ1) is 9.72. The predicted octanol–water partition coefficient (Wildman–Crippen LogP) is 2.13. The number of nitrogens with one attached hydrogen (secondary N) is 1. The van der Waals surface area contributed by atoms with Gasteiger partial charge in [-0.1, -0.05) is 0 Å². The zero-order valence-corrected chi connectivity index (χ0v) is 12.7. The third-order valence-electron chi connectivity index (χ3n) is 3.47. The minimum Gasteiger partial charge on any atom is -0.353 e. The largest absolute Gasteiger partial charge is 0.353 e. The Bertz CT molecular complexity index is 561. The van der Waals surface area contributed by atoms with Gasteiger partial charge >= 0.3 is 0 Å². The molecule has 0 bridgehead atoms. The lowest BCUT2D eigenvalue weighted by Crippen LogP contribution is -2.20. The van der Waals surface area contributed by atoms with Crippen molar-refractivity contribution in [1.29, 1.82) is 0 Å². The Hall–Kier alpha value is -1.53. The van der Waals surface area contributed by atoms with E-state index in [1.54, 1.807) is 11.3 Å². The Balaban J connectivity index is 1.59. The average Bonchev–Trinajstić information content (AvgIpc) is 3.21. The molecule has 1 aliphatic rings. The van der Waals surface area contributed by atoms with Crippen molar-refractivity contribution in [1.82, 2.24) is 20.5 Å². The highest BCUT2D eigenvalue weighted by Gasteiger charge is 2.20. The molecule has 106 valence electrons. The molecule has 1 aliphatic carbocycles. The molecular weight excluding hydrogens is 270 g/mol. The van der Waals surface area contributed by atoms with E-state index in [1.807, 2.05) is 31.6 Å². The summed E-state index contributed by atoms with van der Waals surface area (Å²) in [5.41, 5.74) is 3.99. The fourth-order valence-electron chi connectivity index (χ4n) is 1.96. The number of anilines is 1. The second-order valence-corrected chi connectivity index (χ2v) is 6.19. The first kappa shape index (κ1) is 13.5. The Kier molecular flexibility index (Phi) is 3.93. The molecule has 3 rings (SSSR count). The summed E-state index contributed by atoms with van der Waals surface area (Å²) in [6, 6.07) is 4.79. The molecule has 20 heavy (non-hydrogen) atoms. The molecule has 1 N–H and O–H groups in total. The maximum absolute atomic E-state index is 4.31. The molecule has 0 unspecified atom stereocenters. The van der Waals surface area contributed by atoms with Crippen molar-refractivity contribution < 1.29 is 0 Å². The molecular formula is C14H19N5S. The van der Waals surface area contributed by atoms with Crippen molar-refractivity contribution in [3.8, 4) is 0 Å². The minimum absolute atomic E-state index is 0.702. The van der Waals surface area contributed by atoms with Crippen molar-refractivity contribution in [3.63, 3.8) is 0 Å². The van der Waals surface area contributed by atoms with Crippen LogP contribution in [0.25, 0.3) is 0 Å². The topological polar surface area (TPSA) is 53.9 Å². The van der Waals surface area contributed by atoms with Gasteiger partial charge in [0.15, 0.2) is 5.82 Å². The van der Waals surface area contributed by atoms with E-state index < -0.39 is 0 Å². The van der Waals surface area contributed by atoms with Crippen LogP contribution in [0.3, 0.4) is 0 Å². The molecule has 1 saturated carbocycles. The first-order valence-electron chi connectivity index (χ1n) is 6.88. The highest BCUT2D eigenvalue weighted by molar-refractivity contribution is 7.09. The van der Waals surface area contributed by atoms with Gasteiger partial charge in [-0.15, -0.1) is 16.4 Å². The van der Waals surface area contributed by atoms with E-state index in [4.69, 9.17) is 0 Å². The molecule has 0 spiro atoms. The van der Waals surface area contributed by atoms with E-state index in [0.717, 1.165) is 30.3 Å². The lowest BCUT2D eigenvalue weighted by molar-refractivity contribution is 0.664. The number of nitrogens with zero attached hydrogens (tertiary/aromatic N) is 4. The van der Waals surface area contributed by atoms with E-state index in [2.05, 4.69) is 25.4 Å². The Morgan fingerprint density at radius 2 is 2.20 bits per heavy atom. The van der Waals surface area contributed by atoms with E-state index in [-0.39, 0.29) is 0 Å². The molecule has 0 saturated heterocycles. The van der Waals surface area contributed by atoms with Crippen molar-refractivity contribution in [3.05, 3.63) is 33.9 Å². The van der Waals surface area contributed by atoms with Crippen LogP contribution < -0.4 is 10.2 Å². The first-order valence-corrected chi connectivity index (χ1v) is 7.76. The van der Waals surface area contributed by atoms with Crippen LogP contribution in [0.2, 0.25) is 0 Å². The highest BCUT2D eigenvalue weighted by Crippen LogP contribution is 2.20. The van der Waals surface area contributed by atoms with Gasteiger partial charge in [-0.05, 0) is 31.9 Å². The summed E-state index contributed by atoms with van der Waals surface area (Å²) in [4.78, 5) is 7.65. The number of thiazole rings is 1. The predicted molar refractivity (Wildman–Crippen MR) is 80.9 cm³/mol. The Labute approximate surface area is 123 Å². The van der Waals surface area contributed by atoms with E-state index >= 15 is 0 Å². The fraction of sp³-hybridized carbons (Fsp3) is 0.500. The van der Waals surface area contributed by atoms with Crippen molar-refractivity contribution in [2.24, 2.45) is 0 Å². The fourth-order valence-corrected chi connectivity index (χ4v) is 2.79. The second kappa shape index (κ2) is 5.85. The Morgan fingerprint density at radius 1 is 1.35 bits per heavy atom. The van der Waals surface area contributed by atoms with Crippen LogP contribution in [0.15, 0.2) is 17.6 Å². The number of hydrogen-bond acceptors (Lipinski definition) is 6. The van der Waals surface area contributed by atoms with Crippen molar-refractivity contribution in [2.75, 3.05) is 11.9 Å². The van der Waals surface area contributed by atoms with Crippen LogP contribution in [0, 0.1) is 6.92 Å². The third kappa shape index (κ3) is 3.32. The molecule has 0 amide bonds. The van der Waals surface area contributed by atoms with Gasteiger partial charge in [0.2, 0.25) is 0 Å². The molecule has 2 aromatic heterocycles. The van der Waals surface area contributed by atoms with E-state index in [1.165, 1.54) is 17.7 Å². The smallest absolute Gasteiger partial charge is 0.151 e. The summed E-state index contributed by atoms with van der Waals surface area (Å²) >= 11 is 1.68. The lowest BCUT2D eigenvalue weighted by atomic mass is 10.3. The quantitative estimate of drug-likeness (QED) is 0.883. The van der Waals surface area contributed by atoms with E-state index in [0.29, 0.717) is 6.04 Å². The molecule has 0 radical (unpaired) electrons. The molecule has 0 aliphatic heterocycles. The zero-order valence-electron chi connectivity index (χ0n) is 11.8. The summed E-state index contributed by atoms with van der Waals surface area (Å²) in [5.74, 6) is 0.896. The van der Waals surface area contributed by atoms with Crippen LogP contribution in [0.5, 0.6) is 0 Å². The third-order valence-corrected chi connectivity index (χ3v) is 4.39. The van der Waals surface area contributed by atoms with Gasteiger partial charge in [-0.3, -0.25) is 0 Å². The van der Waals surface area contributed by atoms with Gasteiger partial charge in [0, 0.05) is 24.5 Å². The van der Waals surface area contributed by atoms with Gasteiger partial charge < -0.3 is 10.2 Å². The SMILES string of the molecule is Cc1ncsc1CN(C)c1ccc(CNC2CC2)nn1. The van der Waals surface area contributed by atoms with Crippen LogP contribution in [-0.4, -0.2) is 28.3 Å². The van der Waals surface area contributed by atoms with Gasteiger partial charge in [0.05, 0.1) is 23.4 Å². The highest BCUT2D eigenvalue weighted by atomic mass is 32.1. The summed E-state index contributed by atoms with van der Waals surface area (Å²) in [6.45, 7) is 3.68. The molecule has 2 heterocycles. The van der Waals surface area contributed by atoms with Crippen molar-refractivity contribution in [2.45, 2.75) is 38.9 Å². The molecule has 5 nitrogen and oxygen atoms in total. The van der Waals surface area contributed by atoms with Crippen LogP contribution in [-0.2, 0) is 13.1 Å². The average molecular weight is 289 g/mol. The lowest BCUT2D eigenvalue weighted by Gasteiger charge is -2.17. The number of rotatable bonds is 6. The van der Waals surface area contributed by atoms with Crippen LogP contribution in [0.4, 0.5) is 5.82 Å². The summed E-state index contributed by atoms with van der Waals surface area (Å²) in [7, 11) is 2.03. The number of aromatic nitrogens is 3. The molecule has 6 heteroatoms. The van der Waals surface area contributed by atoms with Gasteiger partial charge in [0.1, 0.15) is 0 Å². The summed E-state index contributed by atoms with van der Waals surface area (Å²) < 4.78 is 0. The maximum atomic E-state index is 4.31. The van der Waals surface area contributed by atoms with Gasteiger partial charge in [-0.25, -0.2) is 4.98 Å². The number of hydrogen-bond donors (Lipinski definition) is 1. The standard InChI is InChI=1S/C14H19N5S/c1-10-13(20-9-16-10)8-19(2)14-6-5-12(17-18-14)7-15-11-3-4-11/h5-6,9,11,15H,3-4,7-8H2,1-2H3. The zero-order chi connectivity index (χ0) is 13.9. The molecule has 0 aromatic carbocycles.